The third-order valence-corrected chi connectivity index (χ3v) is 3.70. The second kappa shape index (κ2) is 8.09. The van der Waals surface area contributed by atoms with E-state index in [2.05, 4.69) is 0 Å². The van der Waals surface area contributed by atoms with Crippen molar-refractivity contribution in [1.29, 1.82) is 0 Å². The highest BCUT2D eigenvalue weighted by Crippen LogP contribution is 2.38. The first-order valence-corrected chi connectivity index (χ1v) is 8.31. The van der Waals surface area contributed by atoms with Crippen LogP contribution in [0.1, 0.15) is 25.5 Å². The van der Waals surface area contributed by atoms with Crippen molar-refractivity contribution in [2.45, 2.75) is 26.1 Å². The first kappa shape index (κ1) is 19.1. The topological polar surface area (TPSA) is 108 Å². The maximum Gasteiger partial charge on any atom is 0.333 e. The Morgan fingerprint density at radius 1 is 1.36 bits per heavy atom. The molecule has 0 fully saturated rings. The van der Waals surface area contributed by atoms with Crippen molar-refractivity contribution < 1.29 is 27.2 Å². The molecule has 0 bridgehead atoms. The maximum atomic E-state index is 11.3. The summed E-state index contributed by atoms with van der Waals surface area (Å²) < 4.78 is 37.9. The largest absolute Gasteiger partial charge is 0.508 e. The maximum absolute atomic E-state index is 11.3. The number of ether oxygens (including phenoxy) is 2. The molecule has 0 aromatic heterocycles. The average Bonchev–Trinajstić information content (AvgIpc) is 2.38. The quantitative estimate of drug-likeness (QED) is 0.691. The van der Waals surface area contributed by atoms with E-state index in [9.17, 15) is 13.5 Å². The highest BCUT2D eigenvalue weighted by molar-refractivity contribution is 7.84. The zero-order chi connectivity index (χ0) is 16.9. The number of aromatic hydroxyl groups is 1. The Labute approximate surface area is 135 Å². The van der Waals surface area contributed by atoms with Gasteiger partial charge in [0.2, 0.25) is 0 Å². The molecule has 0 amide bonds. The summed E-state index contributed by atoms with van der Waals surface area (Å²) in [4.78, 5) is 0. The van der Waals surface area contributed by atoms with Gasteiger partial charge in [-0.25, -0.2) is 5.14 Å². The number of nitrogens with two attached hydrogens (primary N) is 1. The summed E-state index contributed by atoms with van der Waals surface area (Å²) in [5.41, 5.74) is 0.212. The van der Waals surface area contributed by atoms with E-state index < -0.39 is 22.5 Å². The van der Waals surface area contributed by atoms with Crippen molar-refractivity contribution in [1.82, 2.24) is 0 Å². The fourth-order valence-corrected chi connectivity index (χ4v) is 2.87. The molecule has 1 aromatic rings. The van der Waals surface area contributed by atoms with Gasteiger partial charge in [-0.15, -0.1) is 0 Å². The molecule has 0 radical (unpaired) electrons. The summed E-state index contributed by atoms with van der Waals surface area (Å²) in [6.07, 6.45) is -1.97. The van der Waals surface area contributed by atoms with Crippen LogP contribution in [0.3, 0.4) is 0 Å². The van der Waals surface area contributed by atoms with Crippen LogP contribution in [0.4, 0.5) is 0 Å². The van der Waals surface area contributed by atoms with Gasteiger partial charge < -0.3 is 14.6 Å². The van der Waals surface area contributed by atoms with Crippen LogP contribution in [-0.2, 0) is 24.0 Å². The average molecular weight is 354 g/mol. The van der Waals surface area contributed by atoms with Crippen molar-refractivity contribution in [3.8, 4) is 5.75 Å². The molecule has 0 aliphatic heterocycles. The molecular formula is C13H20ClNO6S. The van der Waals surface area contributed by atoms with E-state index in [-0.39, 0.29) is 29.0 Å². The van der Waals surface area contributed by atoms with Gasteiger partial charge >= 0.3 is 10.3 Å². The van der Waals surface area contributed by atoms with Gasteiger partial charge in [0, 0.05) is 12.7 Å². The first-order chi connectivity index (χ1) is 10.2. The van der Waals surface area contributed by atoms with Crippen LogP contribution in [-0.4, -0.2) is 33.5 Å². The zero-order valence-electron chi connectivity index (χ0n) is 12.5. The second-order valence-corrected chi connectivity index (χ2v) is 6.55. The predicted octanol–water partition coefficient (Wildman–Crippen LogP) is 1.95. The molecule has 3 N–H and O–H groups in total. The molecule has 2 atom stereocenters. The second-order valence-electron chi connectivity index (χ2n) is 4.96. The van der Waals surface area contributed by atoms with E-state index in [4.69, 9.17) is 30.4 Å². The van der Waals surface area contributed by atoms with Gasteiger partial charge in [-0.3, -0.25) is 4.18 Å². The summed E-state index contributed by atoms with van der Waals surface area (Å²) >= 11 is 6.11. The smallest absolute Gasteiger partial charge is 0.333 e. The Bertz CT molecular complexity index is 572. The minimum absolute atomic E-state index is 0.141. The van der Waals surface area contributed by atoms with Gasteiger partial charge in [-0.2, -0.15) is 8.42 Å². The van der Waals surface area contributed by atoms with Crippen LogP contribution < -0.4 is 5.14 Å². The fraction of sp³-hybridized carbons (Fsp3) is 0.538. The number of halogens is 1. The van der Waals surface area contributed by atoms with Gasteiger partial charge in [0.1, 0.15) is 24.8 Å². The number of hydrogen-bond acceptors (Lipinski definition) is 6. The molecule has 1 rings (SSSR count). The standard InChI is InChI=1S/C13H20ClNO6S/c1-8(2)12(21-22(15,17)18)13(20-7-19-3)11-9(14)5-4-6-10(11)16/h4-6,8,12-13,16H,7H2,1-3H3,(H2,15,17,18). The lowest BCUT2D eigenvalue weighted by atomic mass is 9.95. The van der Waals surface area contributed by atoms with Gasteiger partial charge in [-0.1, -0.05) is 31.5 Å². The molecule has 0 aliphatic carbocycles. The number of benzene rings is 1. The van der Waals surface area contributed by atoms with Gasteiger partial charge in [-0.05, 0) is 18.1 Å². The van der Waals surface area contributed by atoms with Crippen LogP contribution in [0.25, 0.3) is 0 Å². The molecule has 0 saturated carbocycles. The van der Waals surface area contributed by atoms with Crippen molar-refractivity contribution in [3.63, 3.8) is 0 Å². The summed E-state index contributed by atoms with van der Waals surface area (Å²) in [5, 5.41) is 15.2. The molecular weight excluding hydrogens is 334 g/mol. The highest BCUT2D eigenvalue weighted by atomic mass is 35.5. The van der Waals surface area contributed by atoms with Gasteiger partial charge in [0.05, 0.1) is 5.02 Å². The van der Waals surface area contributed by atoms with Crippen LogP contribution in [0.15, 0.2) is 18.2 Å². The van der Waals surface area contributed by atoms with E-state index in [1.807, 2.05) is 0 Å². The molecule has 1 aromatic carbocycles. The van der Waals surface area contributed by atoms with Crippen molar-refractivity contribution >= 4 is 21.9 Å². The SMILES string of the molecule is COCOC(c1c(O)cccc1Cl)C(OS(N)(=O)=O)C(C)C. The molecule has 126 valence electrons. The van der Waals surface area contributed by atoms with E-state index in [0.717, 1.165) is 0 Å². The molecule has 0 aliphatic rings. The third-order valence-electron chi connectivity index (χ3n) is 2.88. The first-order valence-electron chi connectivity index (χ1n) is 6.46. The highest BCUT2D eigenvalue weighted by Gasteiger charge is 2.34. The molecule has 7 nitrogen and oxygen atoms in total. The van der Waals surface area contributed by atoms with Crippen LogP contribution in [0.2, 0.25) is 5.02 Å². The van der Waals surface area contributed by atoms with Crippen molar-refractivity contribution in [2.24, 2.45) is 11.1 Å². The van der Waals surface area contributed by atoms with E-state index in [1.54, 1.807) is 26.0 Å². The van der Waals surface area contributed by atoms with Gasteiger partial charge in [0.25, 0.3) is 0 Å². The Hall–Kier alpha value is -0.900. The molecule has 0 saturated heterocycles. The Morgan fingerprint density at radius 3 is 2.45 bits per heavy atom. The van der Waals surface area contributed by atoms with Crippen LogP contribution in [0, 0.1) is 5.92 Å². The fourth-order valence-electron chi connectivity index (χ4n) is 1.96. The van der Waals surface area contributed by atoms with Crippen molar-refractivity contribution in [3.05, 3.63) is 28.8 Å². The number of rotatable bonds is 8. The summed E-state index contributed by atoms with van der Waals surface area (Å²) in [5.74, 6) is -0.437. The Morgan fingerprint density at radius 2 is 2.00 bits per heavy atom. The monoisotopic (exact) mass is 353 g/mol. The molecule has 9 heteroatoms. The zero-order valence-corrected chi connectivity index (χ0v) is 14.1. The minimum atomic E-state index is -4.22. The van der Waals surface area contributed by atoms with E-state index in [0.29, 0.717) is 0 Å². The predicted molar refractivity (Wildman–Crippen MR) is 81.6 cm³/mol. The summed E-state index contributed by atoms with van der Waals surface area (Å²) in [7, 11) is -2.81. The lowest BCUT2D eigenvalue weighted by Gasteiger charge is -2.30. The van der Waals surface area contributed by atoms with Crippen LogP contribution in [0.5, 0.6) is 5.75 Å². The van der Waals surface area contributed by atoms with Gasteiger partial charge in [0.15, 0.2) is 0 Å². The molecule has 0 spiro atoms. The minimum Gasteiger partial charge on any atom is -0.508 e. The lowest BCUT2D eigenvalue weighted by molar-refractivity contribution is -0.117. The van der Waals surface area contributed by atoms with E-state index >= 15 is 0 Å². The summed E-state index contributed by atoms with van der Waals surface area (Å²) in [6.45, 7) is 3.31. The molecule has 0 heterocycles. The number of phenolic OH excluding ortho intramolecular Hbond substituents is 1. The molecule has 22 heavy (non-hydrogen) atoms. The normalized spacial score (nSPS) is 15.0. The van der Waals surface area contributed by atoms with E-state index in [1.165, 1.54) is 13.2 Å². The molecule has 2 unspecified atom stereocenters. The van der Waals surface area contributed by atoms with Crippen LogP contribution >= 0.6 is 11.6 Å². The number of phenols is 1. The Balaban J connectivity index is 3.30. The lowest BCUT2D eigenvalue weighted by Crippen LogP contribution is -2.35. The number of methoxy groups -OCH3 is 1. The number of hydrogen-bond donors (Lipinski definition) is 2. The third kappa shape index (κ3) is 5.38. The van der Waals surface area contributed by atoms with Crippen molar-refractivity contribution in [2.75, 3.05) is 13.9 Å². The summed E-state index contributed by atoms with van der Waals surface area (Å²) in [6, 6.07) is 4.52. The Kier molecular flexibility index (Phi) is 7.04.